The van der Waals surface area contributed by atoms with Crippen LogP contribution in [0.4, 0.5) is 0 Å². The van der Waals surface area contributed by atoms with E-state index in [0.29, 0.717) is 0 Å². The summed E-state index contributed by atoms with van der Waals surface area (Å²) in [6, 6.07) is 8.50. The highest BCUT2D eigenvalue weighted by molar-refractivity contribution is 14.1. The van der Waals surface area contributed by atoms with Crippen LogP contribution in [0.1, 0.15) is 11.1 Å². The lowest BCUT2D eigenvalue weighted by atomic mass is 9.91. The normalized spacial score (nSPS) is 22.3. The Morgan fingerprint density at radius 3 is 1.37 bits per heavy atom. The smallest absolute Gasteiger partial charge is 0.0589 e. The standard InChI is InChI=1S/C36H31IN6/c37-43-23-11-30(12-24-43)33(29-9-21-42-22-10-29)36-34(31(25-1-13-38-14-2-25)26-3-15-39-16-4-26)35(36)32(27-5-17-40-18-6-27)28-7-19-41-20-8-28/h1-15,17-19,21,23,39,41-42H,16,20,22,24H2/b34-31+,35-32?,36-33+. The van der Waals surface area contributed by atoms with Crippen molar-refractivity contribution in [1.29, 1.82) is 0 Å². The molecule has 0 amide bonds. The summed E-state index contributed by atoms with van der Waals surface area (Å²) < 4.78 is 2.18. The maximum atomic E-state index is 4.36. The van der Waals surface area contributed by atoms with Crippen LogP contribution in [0.15, 0.2) is 167 Å². The van der Waals surface area contributed by atoms with Crippen molar-refractivity contribution < 1.29 is 0 Å². The quantitative estimate of drug-likeness (QED) is 0.250. The molecule has 0 radical (unpaired) electrons. The van der Waals surface area contributed by atoms with E-state index in [2.05, 4.69) is 150 Å². The molecular weight excluding hydrogens is 643 g/mol. The molecule has 7 heteroatoms. The Morgan fingerprint density at radius 1 is 0.558 bits per heavy atom. The average Bonchev–Trinajstić information content (AvgIpc) is 3.77. The maximum absolute atomic E-state index is 4.36. The van der Waals surface area contributed by atoms with Crippen molar-refractivity contribution in [3.8, 4) is 0 Å². The first-order chi connectivity index (χ1) is 21.3. The van der Waals surface area contributed by atoms with Crippen LogP contribution in [0.3, 0.4) is 0 Å². The van der Waals surface area contributed by atoms with Gasteiger partial charge in [0.15, 0.2) is 0 Å². The Kier molecular flexibility index (Phi) is 7.79. The van der Waals surface area contributed by atoms with E-state index in [9.17, 15) is 0 Å². The van der Waals surface area contributed by atoms with E-state index in [1.54, 1.807) is 0 Å². The second kappa shape index (κ2) is 12.3. The van der Waals surface area contributed by atoms with Crippen molar-refractivity contribution in [3.05, 3.63) is 178 Å². The largest absolute Gasteiger partial charge is 0.387 e. The molecule has 6 nitrogen and oxygen atoms in total. The first-order valence-electron chi connectivity index (χ1n) is 14.5. The van der Waals surface area contributed by atoms with Crippen molar-refractivity contribution in [3.63, 3.8) is 0 Å². The third-order valence-electron chi connectivity index (χ3n) is 7.89. The summed E-state index contributed by atoms with van der Waals surface area (Å²) >= 11 is 2.36. The summed E-state index contributed by atoms with van der Waals surface area (Å²) in [5, 5.41) is 10.0. The van der Waals surface area contributed by atoms with Crippen LogP contribution in [0.25, 0.3) is 11.1 Å². The summed E-state index contributed by atoms with van der Waals surface area (Å²) in [4.78, 5) is 8.72. The molecule has 0 aromatic carbocycles. The minimum Gasteiger partial charge on any atom is -0.387 e. The summed E-state index contributed by atoms with van der Waals surface area (Å²) in [6.07, 6.45) is 33.9. The van der Waals surface area contributed by atoms with Crippen LogP contribution in [-0.2, 0) is 0 Å². The Labute approximate surface area is 266 Å². The summed E-state index contributed by atoms with van der Waals surface area (Å²) in [6.45, 7) is 3.22. The number of nitrogens with zero attached hydrogens (tertiary/aromatic N) is 3. The topological polar surface area (TPSA) is 65.1 Å². The van der Waals surface area contributed by atoms with Crippen molar-refractivity contribution in [2.24, 2.45) is 0 Å². The molecule has 212 valence electrons. The van der Waals surface area contributed by atoms with Crippen LogP contribution in [0, 0.1) is 0 Å². The number of pyridine rings is 2. The Hall–Kier alpha value is -4.63. The van der Waals surface area contributed by atoms with Crippen molar-refractivity contribution in [2.45, 2.75) is 0 Å². The highest BCUT2D eigenvalue weighted by atomic mass is 127. The molecule has 0 spiro atoms. The van der Waals surface area contributed by atoms with Crippen LogP contribution in [-0.4, -0.2) is 39.3 Å². The van der Waals surface area contributed by atoms with Crippen LogP contribution in [0.5, 0.6) is 0 Å². The average molecular weight is 675 g/mol. The van der Waals surface area contributed by atoms with Gasteiger partial charge in [-0.2, -0.15) is 0 Å². The van der Waals surface area contributed by atoms with E-state index < -0.39 is 0 Å². The van der Waals surface area contributed by atoms with E-state index in [1.807, 2.05) is 24.8 Å². The van der Waals surface area contributed by atoms with Gasteiger partial charge in [0, 0.05) is 57.2 Å². The minimum atomic E-state index is 0.786. The Bertz CT molecular complexity index is 1690. The van der Waals surface area contributed by atoms with Gasteiger partial charge in [0.1, 0.15) is 0 Å². The molecule has 1 saturated carbocycles. The lowest BCUT2D eigenvalue weighted by Gasteiger charge is -2.19. The molecule has 4 aliphatic heterocycles. The van der Waals surface area contributed by atoms with E-state index in [-0.39, 0.29) is 0 Å². The molecule has 0 atom stereocenters. The fourth-order valence-corrected chi connectivity index (χ4v) is 6.28. The number of nitrogens with one attached hydrogen (secondary N) is 3. The maximum Gasteiger partial charge on any atom is 0.0589 e. The molecule has 43 heavy (non-hydrogen) atoms. The Morgan fingerprint density at radius 2 is 0.977 bits per heavy atom. The highest BCUT2D eigenvalue weighted by Crippen LogP contribution is 2.59. The third kappa shape index (κ3) is 5.60. The van der Waals surface area contributed by atoms with Crippen molar-refractivity contribution in [1.82, 2.24) is 29.0 Å². The second-order valence-corrected chi connectivity index (χ2v) is 11.7. The number of dihydropyridines is 3. The first kappa shape index (κ1) is 27.2. The van der Waals surface area contributed by atoms with Gasteiger partial charge in [0.2, 0.25) is 0 Å². The molecule has 5 aliphatic rings. The van der Waals surface area contributed by atoms with Crippen molar-refractivity contribution in [2.75, 3.05) is 26.2 Å². The zero-order valence-corrected chi connectivity index (χ0v) is 25.8. The van der Waals surface area contributed by atoms with Crippen LogP contribution in [0.2, 0.25) is 0 Å². The van der Waals surface area contributed by atoms with E-state index >= 15 is 0 Å². The molecule has 0 bridgehead atoms. The predicted octanol–water partition coefficient (Wildman–Crippen LogP) is 6.23. The number of allylic oxidation sites excluding steroid dienone is 14. The van der Waals surface area contributed by atoms with Gasteiger partial charge in [0.25, 0.3) is 0 Å². The molecule has 6 heterocycles. The van der Waals surface area contributed by atoms with E-state index in [1.165, 1.54) is 55.7 Å². The van der Waals surface area contributed by atoms with Crippen LogP contribution >= 0.6 is 22.9 Å². The fourth-order valence-electron chi connectivity index (χ4n) is 5.92. The van der Waals surface area contributed by atoms with E-state index in [0.717, 1.165) is 37.3 Å². The van der Waals surface area contributed by atoms with Crippen molar-refractivity contribution >= 4 is 34.0 Å². The molecular formula is C36H31IN6. The van der Waals surface area contributed by atoms with Gasteiger partial charge in [-0.05, 0) is 134 Å². The summed E-state index contributed by atoms with van der Waals surface area (Å²) in [5.74, 6) is 0. The van der Waals surface area contributed by atoms with E-state index in [4.69, 9.17) is 0 Å². The summed E-state index contributed by atoms with van der Waals surface area (Å²) in [5.41, 5.74) is 14.7. The molecule has 0 saturated heterocycles. The number of halogens is 1. The molecule has 2 aromatic heterocycles. The predicted molar refractivity (Wildman–Crippen MR) is 183 cm³/mol. The molecule has 1 aliphatic carbocycles. The van der Waals surface area contributed by atoms with Gasteiger partial charge in [-0.25, -0.2) is 0 Å². The number of rotatable bonds is 6. The number of aromatic nitrogens is 2. The Balaban J connectivity index is 1.62. The molecule has 1 fully saturated rings. The fraction of sp³-hybridized carbons (Fsp3) is 0.111. The molecule has 3 N–H and O–H groups in total. The highest BCUT2D eigenvalue weighted by Gasteiger charge is 2.42. The SMILES string of the molecule is IN1C=CC(/C(C2=CCNC=C2)=C2/C(=C(C3=CCNC=C3)c3ccncc3)/C2=C(\C2=CCNC=C2)c2ccncc2)=CC1. The van der Waals surface area contributed by atoms with Gasteiger partial charge in [-0.1, -0.05) is 24.3 Å². The monoisotopic (exact) mass is 674 g/mol. The van der Waals surface area contributed by atoms with Gasteiger partial charge in [-0.15, -0.1) is 0 Å². The van der Waals surface area contributed by atoms with Gasteiger partial charge < -0.3 is 19.1 Å². The molecule has 7 rings (SSSR count). The second-order valence-electron chi connectivity index (χ2n) is 10.5. The lowest BCUT2D eigenvalue weighted by Crippen LogP contribution is -2.12. The summed E-state index contributed by atoms with van der Waals surface area (Å²) in [7, 11) is 0. The number of hydrogen-bond donors (Lipinski definition) is 3. The number of hydrogen-bond acceptors (Lipinski definition) is 6. The van der Waals surface area contributed by atoms with Crippen LogP contribution < -0.4 is 16.0 Å². The lowest BCUT2D eigenvalue weighted by molar-refractivity contribution is 0.738. The minimum absolute atomic E-state index is 0.786. The zero-order chi connectivity index (χ0) is 29.0. The third-order valence-corrected chi connectivity index (χ3v) is 8.61. The molecule has 0 unspecified atom stereocenters. The first-order valence-corrected chi connectivity index (χ1v) is 15.4. The molecule has 2 aromatic rings. The zero-order valence-electron chi connectivity index (χ0n) is 23.6. The van der Waals surface area contributed by atoms with Gasteiger partial charge >= 0.3 is 0 Å². The van der Waals surface area contributed by atoms with Gasteiger partial charge in [0.05, 0.1) is 22.9 Å². The van der Waals surface area contributed by atoms with Gasteiger partial charge in [-0.3, -0.25) is 9.97 Å².